The maximum atomic E-state index is 11.8. The number of carbonyl (C=O) groups excluding carboxylic acids is 1. The van der Waals surface area contributed by atoms with Crippen LogP contribution in [0.15, 0.2) is 48.5 Å². The average molecular weight is 292 g/mol. The average Bonchev–Trinajstić information content (AvgIpc) is 2.46. The van der Waals surface area contributed by atoms with Crippen LogP contribution in [0.4, 0.5) is 5.69 Å². The Hall–Kier alpha value is -2.40. The number of hydrogen-bond donors (Lipinski definition) is 0. The molecule has 0 saturated carbocycles. The topological polar surface area (TPSA) is 69.4 Å². The van der Waals surface area contributed by atoms with Gasteiger partial charge in [0.05, 0.1) is 10.5 Å². The van der Waals surface area contributed by atoms with Gasteiger partial charge in [-0.2, -0.15) is 0 Å². The van der Waals surface area contributed by atoms with Crippen LogP contribution in [0.5, 0.6) is 0 Å². The van der Waals surface area contributed by atoms with Crippen LogP contribution >= 0.6 is 11.6 Å². The van der Waals surface area contributed by atoms with Crippen LogP contribution < -0.4 is 0 Å². The van der Waals surface area contributed by atoms with Crippen molar-refractivity contribution in [3.63, 3.8) is 0 Å². The van der Waals surface area contributed by atoms with Crippen molar-refractivity contribution in [1.82, 2.24) is 0 Å². The third-order valence-electron chi connectivity index (χ3n) is 2.59. The van der Waals surface area contributed by atoms with Gasteiger partial charge in [0, 0.05) is 6.07 Å². The zero-order valence-electron chi connectivity index (χ0n) is 10.3. The van der Waals surface area contributed by atoms with E-state index in [9.17, 15) is 14.9 Å². The second kappa shape index (κ2) is 6.16. The van der Waals surface area contributed by atoms with Gasteiger partial charge >= 0.3 is 5.97 Å². The Labute approximate surface area is 119 Å². The van der Waals surface area contributed by atoms with E-state index in [4.69, 9.17) is 16.3 Å². The molecule has 2 aromatic rings. The summed E-state index contributed by atoms with van der Waals surface area (Å²) in [5.74, 6) is -0.631. The SMILES string of the molecule is O=C(OCc1ccccc1)c1ccc(Cl)c([N+](=O)[O-])c1. The standard InChI is InChI=1S/C14H10ClNO4/c15-12-7-6-11(8-13(12)16(18)19)14(17)20-9-10-4-2-1-3-5-10/h1-8H,9H2. The summed E-state index contributed by atoms with van der Waals surface area (Å²) < 4.78 is 5.08. The highest BCUT2D eigenvalue weighted by Crippen LogP contribution is 2.25. The molecule has 2 rings (SSSR count). The molecular weight excluding hydrogens is 282 g/mol. The molecule has 0 amide bonds. The zero-order valence-corrected chi connectivity index (χ0v) is 11.0. The van der Waals surface area contributed by atoms with Crippen molar-refractivity contribution < 1.29 is 14.5 Å². The Bertz CT molecular complexity index is 643. The van der Waals surface area contributed by atoms with E-state index >= 15 is 0 Å². The molecule has 0 aliphatic carbocycles. The van der Waals surface area contributed by atoms with E-state index in [1.54, 1.807) is 0 Å². The minimum Gasteiger partial charge on any atom is -0.457 e. The zero-order chi connectivity index (χ0) is 14.5. The monoisotopic (exact) mass is 291 g/mol. The second-order valence-corrected chi connectivity index (χ2v) is 4.39. The van der Waals surface area contributed by atoms with E-state index in [0.29, 0.717) is 0 Å². The Morgan fingerprint density at radius 2 is 1.90 bits per heavy atom. The number of ether oxygens (including phenoxy) is 1. The minimum absolute atomic E-state index is 0.0189. The molecule has 0 aliphatic heterocycles. The maximum Gasteiger partial charge on any atom is 0.338 e. The van der Waals surface area contributed by atoms with Crippen molar-refractivity contribution in [2.75, 3.05) is 0 Å². The van der Waals surface area contributed by atoms with E-state index < -0.39 is 10.9 Å². The first-order valence-electron chi connectivity index (χ1n) is 5.73. The van der Waals surface area contributed by atoms with E-state index in [0.717, 1.165) is 11.6 Å². The Kier molecular flexibility index (Phi) is 4.32. The third kappa shape index (κ3) is 3.33. The van der Waals surface area contributed by atoms with Gasteiger partial charge in [0.1, 0.15) is 11.6 Å². The predicted octanol–water partition coefficient (Wildman–Crippen LogP) is 3.61. The predicted molar refractivity (Wildman–Crippen MR) is 73.7 cm³/mol. The Morgan fingerprint density at radius 1 is 1.20 bits per heavy atom. The largest absolute Gasteiger partial charge is 0.457 e. The van der Waals surface area contributed by atoms with Gasteiger partial charge in [0.15, 0.2) is 0 Å². The molecule has 20 heavy (non-hydrogen) atoms. The normalized spacial score (nSPS) is 10.1. The number of hydrogen-bond acceptors (Lipinski definition) is 4. The molecule has 0 saturated heterocycles. The van der Waals surface area contributed by atoms with Crippen LogP contribution in [0, 0.1) is 10.1 Å². The van der Waals surface area contributed by atoms with Crippen molar-refractivity contribution in [2.24, 2.45) is 0 Å². The quantitative estimate of drug-likeness (QED) is 0.490. The first-order valence-corrected chi connectivity index (χ1v) is 6.10. The Morgan fingerprint density at radius 3 is 2.55 bits per heavy atom. The van der Waals surface area contributed by atoms with Gasteiger partial charge in [-0.05, 0) is 17.7 Å². The minimum atomic E-state index is -0.643. The van der Waals surface area contributed by atoms with Crippen molar-refractivity contribution in [2.45, 2.75) is 6.61 Å². The van der Waals surface area contributed by atoms with Gasteiger partial charge in [-0.25, -0.2) is 4.79 Å². The highest BCUT2D eigenvalue weighted by molar-refractivity contribution is 6.32. The molecule has 0 radical (unpaired) electrons. The van der Waals surface area contributed by atoms with Crippen LogP contribution in [-0.4, -0.2) is 10.9 Å². The molecule has 0 aliphatic rings. The van der Waals surface area contributed by atoms with E-state index in [-0.39, 0.29) is 22.9 Å². The van der Waals surface area contributed by atoms with Crippen molar-refractivity contribution in [3.05, 3.63) is 74.8 Å². The van der Waals surface area contributed by atoms with Crippen LogP contribution in [0.1, 0.15) is 15.9 Å². The van der Waals surface area contributed by atoms with Crippen molar-refractivity contribution in [1.29, 1.82) is 0 Å². The molecule has 2 aromatic carbocycles. The summed E-state index contributed by atoms with van der Waals surface area (Å²) in [6.45, 7) is 0.107. The summed E-state index contributed by atoms with van der Waals surface area (Å²) in [6, 6.07) is 13.0. The van der Waals surface area contributed by atoms with Gasteiger partial charge < -0.3 is 4.74 Å². The summed E-state index contributed by atoms with van der Waals surface area (Å²) >= 11 is 5.68. The number of nitrogens with zero attached hydrogens (tertiary/aromatic N) is 1. The number of nitro groups is 1. The molecule has 0 heterocycles. The molecule has 0 aromatic heterocycles. The van der Waals surface area contributed by atoms with Gasteiger partial charge in [0.25, 0.3) is 5.69 Å². The van der Waals surface area contributed by atoms with Crippen LogP contribution in [0.25, 0.3) is 0 Å². The number of benzene rings is 2. The van der Waals surface area contributed by atoms with Gasteiger partial charge in [-0.15, -0.1) is 0 Å². The van der Waals surface area contributed by atoms with Crippen LogP contribution in [0.2, 0.25) is 5.02 Å². The molecular formula is C14H10ClNO4. The lowest BCUT2D eigenvalue weighted by atomic mass is 10.2. The number of nitro benzene ring substituents is 1. The molecule has 0 bridgehead atoms. The molecule has 102 valence electrons. The van der Waals surface area contributed by atoms with Crippen molar-refractivity contribution >= 4 is 23.3 Å². The van der Waals surface area contributed by atoms with Gasteiger partial charge in [0.2, 0.25) is 0 Å². The second-order valence-electron chi connectivity index (χ2n) is 3.99. The number of halogens is 1. The van der Waals surface area contributed by atoms with E-state index in [1.807, 2.05) is 30.3 Å². The van der Waals surface area contributed by atoms with Gasteiger partial charge in [-0.3, -0.25) is 10.1 Å². The van der Waals surface area contributed by atoms with Crippen LogP contribution in [-0.2, 0) is 11.3 Å². The highest BCUT2D eigenvalue weighted by Gasteiger charge is 2.17. The lowest BCUT2D eigenvalue weighted by Crippen LogP contribution is -2.06. The lowest BCUT2D eigenvalue weighted by molar-refractivity contribution is -0.384. The number of carbonyl (C=O) groups is 1. The van der Waals surface area contributed by atoms with E-state index in [1.165, 1.54) is 12.1 Å². The molecule has 0 spiro atoms. The highest BCUT2D eigenvalue weighted by atomic mass is 35.5. The summed E-state index contributed by atoms with van der Waals surface area (Å²) in [5.41, 5.74) is 0.613. The van der Waals surface area contributed by atoms with Crippen molar-refractivity contribution in [3.8, 4) is 0 Å². The fraction of sp³-hybridized carbons (Fsp3) is 0.0714. The summed E-state index contributed by atoms with van der Waals surface area (Å²) in [4.78, 5) is 21.9. The molecule has 0 N–H and O–H groups in total. The summed E-state index contributed by atoms with van der Waals surface area (Å²) in [6.07, 6.45) is 0. The Balaban J connectivity index is 2.10. The molecule has 0 fully saturated rings. The fourth-order valence-electron chi connectivity index (χ4n) is 1.59. The lowest BCUT2D eigenvalue weighted by Gasteiger charge is -2.05. The molecule has 0 unspecified atom stereocenters. The molecule has 6 heteroatoms. The number of rotatable bonds is 4. The third-order valence-corrected chi connectivity index (χ3v) is 2.91. The van der Waals surface area contributed by atoms with Gasteiger partial charge in [-0.1, -0.05) is 41.9 Å². The molecule has 5 nitrogen and oxygen atoms in total. The maximum absolute atomic E-state index is 11.8. The first kappa shape index (κ1) is 14.0. The number of esters is 1. The molecule has 0 atom stereocenters. The van der Waals surface area contributed by atoms with Crippen LogP contribution in [0.3, 0.4) is 0 Å². The summed E-state index contributed by atoms with van der Waals surface area (Å²) in [7, 11) is 0. The van der Waals surface area contributed by atoms with E-state index in [2.05, 4.69) is 0 Å². The fourth-order valence-corrected chi connectivity index (χ4v) is 1.77. The smallest absolute Gasteiger partial charge is 0.338 e. The first-order chi connectivity index (χ1) is 9.58. The summed E-state index contributed by atoms with van der Waals surface area (Å²) in [5, 5.41) is 10.7.